The van der Waals surface area contributed by atoms with Crippen molar-refractivity contribution in [3.63, 3.8) is 0 Å². The van der Waals surface area contributed by atoms with Crippen LogP contribution in [0.3, 0.4) is 0 Å². The summed E-state index contributed by atoms with van der Waals surface area (Å²) in [5, 5.41) is 0. The van der Waals surface area contributed by atoms with E-state index >= 15 is 0 Å². The van der Waals surface area contributed by atoms with Gasteiger partial charge in [-0.05, 0) is 29.3 Å². The summed E-state index contributed by atoms with van der Waals surface area (Å²) in [4.78, 5) is 4.34. The van der Waals surface area contributed by atoms with Gasteiger partial charge in [0.15, 0.2) is 0 Å². The molecule has 0 aliphatic carbocycles. The molecule has 148 valence electrons. The fourth-order valence-corrected chi connectivity index (χ4v) is 9.31. The third kappa shape index (κ3) is 6.93. The van der Waals surface area contributed by atoms with Gasteiger partial charge in [0.05, 0.1) is 6.04 Å². The fourth-order valence-electron chi connectivity index (χ4n) is 4.09. The topological polar surface area (TPSA) is 12.0 Å². The van der Waals surface area contributed by atoms with Gasteiger partial charge in [-0.15, -0.1) is 0 Å². The molecule has 1 nitrogen and oxygen atoms in total. The Hall–Kier alpha value is -1.38. The molecule has 1 N–H and O–H groups in total. The van der Waals surface area contributed by atoms with Crippen molar-refractivity contribution in [1.82, 2.24) is 4.98 Å². The van der Waals surface area contributed by atoms with Gasteiger partial charge in [-0.25, -0.2) is 0 Å². The minimum absolute atomic E-state index is 0.324. The average molecular weight is 382 g/mol. The van der Waals surface area contributed by atoms with E-state index in [1.54, 1.807) is 0 Å². The van der Waals surface area contributed by atoms with Crippen molar-refractivity contribution < 1.29 is 0 Å². The molecule has 0 aliphatic heterocycles. The van der Waals surface area contributed by atoms with E-state index < -0.39 is 8.24 Å². The Bertz CT molecular complexity index is 549. The number of nitrogens with one attached hydrogen (secondary N) is 1. The molecule has 2 rings (SSSR count). The van der Waals surface area contributed by atoms with Crippen LogP contribution in [0.4, 0.5) is 0 Å². The summed E-state index contributed by atoms with van der Waals surface area (Å²) in [7, 11) is -1.54. The van der Waals surface area contributed by atoms with Gasteiger partial charge in [-0.3, -0.25) is 0 Å². The van der Waals surface area contributed by atoms with Crippen molar-refractivity contribution in [2.45, 2.75) is 83.5 Å². The van der Waals surface area contributed by atoms with E-state index in [9.17, 15) is 0 Å². The van der Waals surface area contributed by atoms with Gasteiger partial charge in [0.25, 0.3) is 0 Å². The highest BCUT2D eigenvalue weighted by molar-refractivity contribution is 6.77. The van der Waals surface area contributed by atoms with Crippen LogP contribution in [0.2, 0.25) is 18.1 Å². The number of unbranched alkanes of at least 4 members (excludes halogenated alkanes) is 3. The lowest BCUT2D eigenvalue weighted by Gasteiger charge is -2.38. The SMILES string of the molecule is CCCC[Si](CCCC)(CCCC)NC(c1ccccc1)c1ccccc1. The van der Waals surface area contributed by atoms with Crippen LogP contribution in [0.25, 0.3) is 0 Å². The molecule has 2 aromatic rings. The van der Waals surface area contributed by atoms with Gasteiger partial charge in [-0.2, -0.15) is 0 Å². The lowest BCUT2D eigenvalue weighted by molar-refractivity contribution is 0.695. The van der Waals surface area contributed by atoms with Crippen LogP contribution in [0.5, 0.6) is 0 Å². The first-order valence-corrected chi connectivity index (χ1v) is 13.7. The molecule has 2 aromatic carbocycles. The summed E-state index contributed by atoms with van der Waals surface area (Å²) in [5.74, 6) is 0. The highest BCUT2D eigenvalue weighted by atomic mass is 28.3. The van der Waals surface area contributed by atoms with Gasteiger partial charge in [0.1, 0.15) is 8.24 Å². The first-order chi connectivity index (χ1) is 13.2. The van der Waals surface area contributed by atoms with Gasteiger partial charge < -0.3 is 4.98 Å². The predicted octanol–water partition coefficient (Wildman–Crippen LogP) is 7.71. The predicted molar refractivity (Wildman–Crippen MR) is 123 cm³/mol. The Kier molecular flexibility index (Phi) is 9.86. The molecule has 0 saturated heterocycles. The zero-order valence-corrected chi connectivity index (χ0v) is 18.7. The smallest absolute Gasteiger partial charge is 0.126 e. The van der Waals surface area contributed by atoms with Crippen molar-refractivity contribution in [3.8, 4) is 0 Å². The molecule has 0 radical (unpaired) electrons. The third-order valence-corrected chi connectivity index (χ3v) is 10.6. The van der Waals surface area contributed by atoms with E-state index in [-0.39, 0.29) is 0 Å². The van der Waals surface area contributed by atoms with Crippen molar-refractivity contribution >= 4 is 8.24 Å². The van der Waals surface area contributed by atoms with Gasteiger partial charge >= 0.3 is 0 Å². The van der Waals surface area contributed by atoms with Crippen LogP contribution in [-0.4, -0.2) is 8.24 Å². The van der Waals surface area contributed by atoms with Gasteiger partial charge in [0.2, 0.25) is 0 Å². The summed E-state index contributed by atoms with van der Waals surface area (Å²) in [6.07, 6.45) is 8.00. The van der Waals surface area contributed by atoms with Gasteiger partial charge in [-0.1, -0.05) is 120 Å². The average Bonchev–Trinajstić information content (AvgIpc) is 2.74. The molecule has 2 heteroatoms. The van der Waals surface area contributed by atoms with E-state index in [0.29, 0.717) is 6.04 Å². The van der Waals surface area contributed by atoms with Crippen LogP contribution < -0.4 is 4.98 Å². The lowest BCUT2D eigenvalue weighted by Crippen LogP contribution is -2.52. The highest BCUT2D eigenvalue weighted by Crippen LogP contribution is 2.32. The largest absolute Gasteiger partial charge is 0.327 e. The molecule has 0 aromatic heterocycles. The van der Waals surface area contributed by atoms with Crippen LogP contribution in [0, 0.1) is 0 Å². The summed E-state index contributed by atoms with van der Waals surface area (Å²) in [5.41, 5.74) is 2.81. The minimum Gasteiger partial charge on any atom is -0.327 e. The van der Waals surface area contributed by atoms with Crippen molar-refractivity contribution in [3.05, 3.63) is 71.8 Å². The highest BCUT2D eigenvalue weighted by Gasteiger charge is 2.34. The molecule has 27 heavy (non-hydrogen) atoms. The quantitative estimate of drug-likeness (QED) is 0.350. The number of hydrogen-bond donors (Lipinski definition) is 1. The summed E-state index contributed by atoms with van der Waals surface area (Å²) in [6.45, 7) is 7.01. The molecule has 0 atom stereocenters. The van der Waals surface area contributed by atoms with Crippen molar-refractivity contribution in [1.29, 1.82) is 0 Å². The maximum atomic E-state index is 4.34. The van der Waals surface area contributed by atoms with Crippen LogP contribution in [0.1, 0.15) is 76.5 Å². The summed E-state index contributed by atoms with van der Waals surface area (Å²) >= 11 is 0. The maximum Gasteiger partial charge on any atom is 0.126 e. The Morgan fingerprint density at radius 2 is 1.00 bits per heavy atom. The van der Waals surface area contributed by atoms with E-state index in [0.717, 1.165) is 0 Å². The molecule has 0 aliphatic rings. The zero-order chi connectivity index (χ0) is 19.4. The minimum atomic E-state index is -1.54. The summed E-state index contributed by atoms with van der Waals surface area (Å²) in [6, 6.07) is 26.7. The summed E-state index contributed by atoms with van der Waals surface area (Å²) < 4.78 is 0. The van der Waals surface area contributed by atoms with Crippen LogP contribution in [0.15, 0.2) is 60.7 Å². The second kappa shape index (κ2) is 12.1. The van der Waals surface area contributed by atoms with E-state index in [1.807, 2.05) is 0 Å². The Morgan fingerprint density at radius 1 is 0.630 bits per heavy atom. The molecular weight excluding hydrogens is 342 g/mol. The van der Waals surface area contributed by atoms with Gasteiger partial charge in [0, 0.05) is 0 Å². The normalized spacial score (nSPS) is 11.9. The first-order valence-electron chi connectivity index (χ1n) is 11.1. The molecule has 0 amide bonds. The maximum absolute atomic E-state index is 4.34. The van der Waals surface area contributed by atoms with Crippen molar-refractivity contribution in [2.75, 3.05) is 0 Å². The first kappa shape index (κ1) is 21.9. The Balaban J connectivity index is 2.37. The monoisotopic (exact) mass is 381 g/mol. The Labute approximate surface area is 168 Å². The lowest BCUT2D eigenvalue weighted by atomic mass is 10.00. The number of hydrogen-bond acceptors (Lipinski definition) is 1. The Morgan fingerprint density at radius 3 is 1.33 bits per heavy atom. The van der Waals surface area contributed by atoms with Crippen LogP contribution >= 0.6 is 0 Å². The second-order valence-electron chi connectivity index (χ2n) is 7.99. The zero-order valence-electron chi connectivity index (χ0n) is 17.7. The number of benzene rings is 2. The second-order valence-corrected chi connectivity index (χ2v) is 12.3. The number of rotatable bonds is 13. The molecule has 0 unspecified atom stereocenters. The van der Waals surface area contributed by atoms with Crippen LogP contribution in [-0.2, 0) is 0 Å². The molecule has 0 saturated carbocycles. The molecule has 0 fully saturated rings. The fraction of sp³-hybridized carbons (Fsp3) is 0.520. The third-order valence-electron chi connectivity index (χ3n) is 5.74. The molecule has 0 spiro atoms. The van der Waals surface area contributed by atoms with E-state index in [1.165, 1.54) is 67.8 Å². The van der Waals surface area contributed by atoms with Crippen molar-refractivity contribution in [2.24, 2.45) is 0 Å². The molecular formula is C25H39NSi. The standard InChI is InChI=1S/C25H39NSi/c1-4-7-20-27(21-8-5-2,22-9-6-3)26-25(23-16-12-10-13-17-23)24-18-14-11-15-19-24/h10-19,25-26H,4-9,20-22H2,1-3H3. The molecule has 0 bridgehead atoms. The van der Waals surface area contributed by atoms with E-state index in [2.05, 4.69) is 86.4 Å². The molecule has 0 heterocycles. The van der Waals surface area contributed by atoms with E-state index in [4.69, 9.17) is 0 Å².